The Kier molecular flexibility index (Phi) is 8.79. The van der Waals surface area contributed by atoms with Crippen molar-refractivity contribution in [3.63, 3.8) is 0 Å². The van der Waals surface area contributed by atoms with Gasteiger partial charge in [0.1, 0.15) is 0 Å². The van der Waals surface area contributed by atoms with Gasteiger partial charge in [-0.2, -0.15) is 0 Å². The van der Waals surface area contributed by atoms with Crippen LogP contribution in [-0.4, -0.2) is 18.8 Å². The Hall–Kier alpha value is -0.0800. The summed E-state index contributed by atoms with van der Waals surface area (Å²) < 4.78 is 6.15. The maximum atomic E-state index is 6.38. The van der Waals surface area contributed by atoms with Gasteiger partial charge in [0, 0.05) is 12.6 Å². The lowest BCUT2D eigenvalue weighted by Gasteiger charge is -2.27. The summed E-state index contributed by atoms with van der Waals surface area (Å²) in [5, 5.41) is 0. The van der Waals surface area contributed by atoms with Gasteiger partial charge in [-0.3, -0.25) is 0 Å². The monoisotopic (exact) mass is 283 g/mol. The van der Waals surface area contributed by atoms with Crippen LogP contribution in [-0.2, 0) is 4.74 Å². The van der Waals surface area contributed by atoms with E-state index < -0.39 is 0 Å². The molecule has 20 heavy (non-hydrogen) atoms. The predicted octanol–water partition coefficient (Wildman–Crippen LogP) is 5.05. The average molecular weight is 283 g/mol. The fourth-order valence-electron chi connectivity index (χ4n) is 2.91. The lowest BCUT2D eigenvalue weighted by molar-refractivity contribution is 0.0132. The molecule has 0 spiro atoms. The number of rotatable bonds is 3. The number of nitrogens with two attached hydrogens (primary N) is 1. The van der Waals surface area contributed by atoms with Gasteiger partial charge >= 0.3 is 0 Å². The summed E-state index contributed by atoms with van der Waals surface area (Å²) in [6, 6.07) is 0.245. The normalized spacial score (nSPS) is 27.6. The molecule has 0 aromatic heterocycles. The summed E-state index contributed by atoms with van der Waals surface area (Å²) in [7, 11) is 0. The molecule has 1 fully saturated rings. The van der Waals surface area contributed by atoms with Crippen molar-refractivity contribution in [2.75, 3.05) is 6.61 Å². The van der Waals surface area contributed by atoms with E-state index in [-0.39, 0.29) is 12.1 Å². The SMILES string of the molecule is CC(C)(C)CCOC1CCCCCCCCCCC1N. The van der Waals surface area contributed by atoms with Crippen LogP contribution in [0.4, 0.5) is 0 Å². The molecule has 0 aromatic carbocycles. The van der Waals surface area contributed by atoms with Crippen molar-refractivity contribution in [3.8, 4) is 0 Å². The van der Waals surface area contributed by atoms with Gasteiger partial charge in [0.15, 0.2) is 0 Å². The predicted molar refractivity (Wildman–Crippen MR) is 88.0 cm³/mol. The van der Waals surface area contributed by atoms with Gasteiger partial charge in [0.05, 0.1) is 6.10 Å². The largest absolute Gasteiger partial charge is 0.377 e. The first-order chi connectivity index (χ1) is 9.49. The van der Waals surface area contributed by atoms with E-state index >= 15 is 0 Å². The Bertz CT molecular complexity index is 234. The van der Waals surface area contributed by atoms with Crippen LogP contribution in [0.3, 0.4) is 0 Å². The molecule has 1 aliphatic rings. The molecule has 2 N–H and O–H groups in total. The van der Waals surface area contributed by atoms with E-state index in [9.17, 15) is 0 Å². The summed E-state index contributed by atoms with van der Waals surface area (Å²) in [6.45, 7) is 7.69. The Morgan fingerprint density at radius 2 is 1.35 bits per heavy atom. The zero-order valence-electron chi connectivity index (χ0n) is 14.1. The third-order valence-electron chi connectivity index (χ3n) is 4.44. The molecular formula is C18H37NO. The molecule has 0 aromatic rings. The van der Waals surface area contributed by atoms with Crippen LogP contribution in [0.15, 0.2) is 0 Å². The zero-order valence-corrected chi connectivity index (χ0v) is 14.1. The van der Waals surface area contributed by atoms with Gasteiger partial charge in [-0.25, -0.2) is 0 Å². The average Bonchev–Trinajstić information content (AvgIpc) is 2.35. The third-order valence-corrected chi connectivity index (χ3v) is 4.44. The molecule has 2 heteroatoms. The Balaban J connectivity index is 2.36. The summed E-state index contributed by atoms with van der Waals surface area (Å²) in [5.74, 6) is 0. The number of ether oxygens (including phenoxy) is 1. The van der Waals surface area contributed by atoms with Crippen molar-refractivity contribution in [2.45, 2.75) is 104 Å². The molecule has 0 aliphatic heterocycles. The Labute approximate surface area is 126 Å². The molecule has 0 heterocycles. The van der Waals surface area contributed by atoms with E-state index in [0.717, 1.165) is 25.9 Å². The highest BCUT2D eigenvalue weighted by Crippen LogP contribution is 2.21. The molecule has 2 nitrogen and oxygen atoms in total. The highest BCUT2D eigenvalue weighted by molar-refractivity contribution is 4.75. The third kappa shape index (κ3) is 8.97. The Morgan fingerprint density at radius 3 is 1.90 bits per heavy atom. The molecule has 1 rings (SSSR count). The molecule has 0 radical (unpaired) electrons. The minimum absolute atomic E-state index is 0.245. The summed E-state index contributed by atoms with van der Waals surface area (Å²) >= 11 is 0. The minimum atomic E-state index is 0.245. The topological polar surface area (TPSA) is 35.2 Å². The van der Waals surface area contributed by atoms with Crippen molar-refractivity contribution in [1.82, 2.24) is 0 Å². The second kappa shape index (κ2) is 9.78. The van der Waals surface area contributed by atoms with Crippen LogP contribution >= 0.6 is 0 Å². The molecular weight excluding hydrogens is 246 g/mol. The molecule has 2 atom stereocenters. The van der Waals surface area contributed by atoms with E-state index in [2.05, 4.69) is 20.8 Å². The summed E-state index contributed by atoms with van der Waals surface area (Å²) in [5.41, 5.74) is 6.74. The highest BCUT2D eigenvalue weighted by atomic mass is 16.5. The van der Waals surface area contributed by atoms with Crippen LogP contribution in [0.5, 0.6) is 0 Å². The quantitative estimate of drug-likeness (QED) is 0.786. The second-order valence-electron chi connectivity index (χ2n) is 7.79. The van der Waals surface area contributed by atoms with Crippen LogP contribution in [0.2, 0.25) is 0 Å². The van der Waals surface area contributed by atoms with Gasteiger partial charge in [-0.15, -0.1) is 0 Å². The standard InChI is InChI=1S/C18H37NO/c1-18(2,3)14-15-20-17-13-11-9-7-5-4-6-8-10-12-16(17)19/h16-17H,4-15,19H2,1-3H3. The van der Waals surface area contributed by atoms with Gasteiger partial charge in [-0.05, 0) is 24.7 Å². The maximum Gasteiger partial charge on any atom is 0.0725 e. The molecule has 1 saturated carbocycles. The van der Waals surface area contributed by atoms with Gasteiger partial charge in [0.25, 0.3) is 0 Å². The van der Waals surface area contributed by atoms with Gasteiger partial charge in [-0.1, -0.05) is 72.1 Å². The van der Waals surface area contributed by atoms with E-state index in [1.54, 1.807) is 0 Å². The summed E-state index contributed by atoms with van der Waals surface area (Å²) in [6.07, 6.45) is 14.6. The van der Waals surface area contributed by atoms with Crippen LogP contribution < -0.4 is 5.73 Å². The molecule has 0 amide bonds. The van der Waals surface area contributed by atoms with Crippen molar-refractivity contribution in [2.24, 2.45) is 11.1 Å². The highest BCUT2D eigenvalue weighted by Gasteiger charge is 2.19. The molecule has 0 saturated heterocycles. The molecule has 120 valence electrons. The molecule has 0 bridgehead atoms. The number of hydrogen-bond acceptors (Lipinski definition) is 2. The number of hydrogen-bond donors (Lipinski definition) is 1. The smallest absolute Gasteiger partial charge is 0.0725 e. The first-order valence-electron chi connectivity index (χ1n) is 8.86. The fraction of sp³-hybridized carbons (Fsp3) is 1.00. The minimum Gasteiger partial charge on any atom is -0.377 e. The molecule has 1 aliphatic carbocycles. The van der Waals surface area contributed by atoms with Crippen LogP contribution in [0.1, 0.15) is 91.4 Å². The molecule has 2 unspecified atom stereocenters. The lowest BCUT2D eigenvalue weighted by atomic mass is 9.92. The first-order valence-corrected chi connectivity index (χ1v) is 8.86. The van der Waals surface area contributed by atoms with Gasteiger partial charge < -0.3 is 10.5 Å². The Morgan fingerprint density at radius 1 is 0.850 bits per heavy atom. The second-order valence-corrected chi connectivity index (χ2v) is 7.79. The maximum absolute atomic E-state index is 6.38. The first kappa shape index (κ1) is 18.0. The van der Waals surface area contributed by atoms with E-state index in [1.165, 1.54) is 51.4 Å². The van der Waals surface area contributed by atoms with Crippen molar-refractivity contribution < 1.29 is 4.74 Å². The lowest BCUT2D eigenvalue weighted by Crippen LogP contribution is -2.37. The van der Waals surface area contributed by atoms with Gasteiger partial charge in [0.2, 0.25) is 0 Å². The van der Waals surface area contributed by atoms with E-state index in [1.807, 2.05) is 0 Å². The van der Waals surface area contributed by atoms with Crippen molar-refractivity contribution in [3.05, 3.63) is 0 Å². The van der Waals surface area contributed by atoms with Crippen LogP contribution in [0, 0.1) is 5.41 Å². The van der Waals surface area contributed by atoms with Crippen molar-refractivity contribution >= 4 is 0 Å². The van der Waals surface area contributed by atoms with E-state index in [0.29, 0.717) is 5.41 Å². The fourth-order valence-corrected chi connectivity index (χ4v) is 2.91. The summed E-state index contributed by atoms with van der Waals surface area (Å²) in [4.78, 5) is 0. The zero-order chi connectivity index (χ0) is 14.8. The van der Waals surface area contributed by atoms with E-state index in [4.69, 9.17) is 10.5 Å². The van der Waals surface area contributed by atoms with Crippen LogP contribution in [0.25, 0.3) is 0 Å². The van der Waals surface area contributed by atoms with Crippen molar-refractivity contribution in [1.29, 1.82) is 0 Å².